The second kappa shape index (κ2) is 7.13. The van der Waals surface area contributed by atoms with E-state index in [1.807, 2.05) is 13.2 Å². The van der Waals surface area contributed by atoms with Gasteiger partial charge in [-0.25, -0.2) is 13.1 Å². The molecule has 0 aromatic heterocycles. The number of rotatable bonds is 7. The summed E-state index contributed by atoms with van der Waals surface area (Å²) in [4.78, 5) is 0.307. The van der Waals surface area contributed by atoms with Gasteiger partial charge in [0, 0.05) is 13.1 Å². The number of hydrogen-bond donors (Lipinski definition) is 2. The van der Waals surface area contributed by atoms with E-state index < -0.39 is 10.0 Å². The minimum atomic E-state index is -3.39. The predicted octanol–water partition coefficient (Wildman–Crippen LogP) is 1.49. The Morgan fingerprint density at radius 1 is 1.39 bits per heavy atom. The highest BCUT2D eigenvalue weighted by Crippen LogP contribution is 2.15. The van der Waals surface area contributed by atoms with Crippen molar-refractivity contribution < 1.29 is 8.42 Å². The molecule has 0 unspecified atom stereocenters. The van der Waals surface area contributed by atoms with E-state index >= 15 is 0 Å². The number of sulfonamides is 1. The van der Waals surface area contributed by atoms with Crippen LogP contribution in [0.5, 0.6) is 0 Å². The Labute approximate surface area is 113 Å². The molecule has 1 aromatic rings. The molecule has 18 heavy (non-hydrogen) atoms. The third kappa shape index (κ3) is 4.28. The Kier molecular flexibility index (Phi) is 6.14. The zero-order valence-electron chi connectivity index (χ0n) is 10.8. The number of benzene rings is 1. The monoisotopic (exact) mass is 288 g/mol. The SMILES string of the molecule is CSCCCNS(=O)(=O)c1ccc(CN)c(C)c1. The van der Waals surface area contributed by atoms with Crippen LogP contribution in [-0.4, -0.2) is 27.0 Å². The summed E-state index contributed by atoms with van der Waals surface area (Å²) in [7, 11) is -3.39. The van der Waals surface area contributed by atoms with E-state index in [0.717, 1.165) is 23.3 Å². The van der Waals surface area contributed by atoms with Crippen molar-refractivity contribution in [2.45, 2.75) is 24.8 Å². The molecule has 0 fully saturated rings. The van der Waals surface area contributed by atoms with Gasteiger partial charge in [0.2, 0.25) is 10.0 Å². The third-order valence-corrected chi connectivity index (χ3v) is 4.82. The van der Waals surface area contributed by atoms with Crippen LogP contribution < -0.4 is 10.5 Å². The van der Waals surface area contributed by atoms with Crippen molar-refractivity contribution in [3.05, 3.63) is 29.3 Å². The van der Waals surface area contributed by atoms with Crippen molar-refractivity contribution in [3.63, 3.8) is 0 Å². The average Bonchev–Trinajstić information content (AvgIpc) is 2.34. The molecular weight excluding hydrogens is 268 g/mol. The molecule has 3 N–H and O–H groups in total. The molecule has 1 rings (SSSR count). The van der Waals surface area contributed by atoms with Crippen molar-refractivity contribution in [1.29, 1.82) is 0 Å². The summed E-state index contributed by atoms with van der Waals surface area (Å²) in [5, 5.41) is 0. The van der Waals surface area contributed by atoms with Gasteiger partial charge in [-0.3, -0.25) is 0 Å². The summed E-state index contributed by atoms with van der Waals surface area (Å²) in [6.45, 7) is 2.77. The van der Waals surface area contributed by atoms with Crippen LogP contribution in [0.15, 0.2) is 23.1 Å². The molecule has 1 aromatic carbocycles. The van der Waals surface area contributed by atoms with Gasteiger partial charge >= 0.3 is 0 Å². The van der Waals surface area contributed by atoms with Gasteiger partial charge < -0.3 is 5.73 Å². The molecule has 6 heteroatoms. The number of nitrogens with two attached hydrogens (primary N) is 1. The summed E-state index contributed by atoms with van der Waals surface area (Å²) in [6, 6.07) is 5.04. The smallest absolute Gasteiger partial charge is 0.240 e. The zero-order chi connectivity index (χ0) is 13.6. The maximum absolute atomic E-state index is 12.0. The fraction of sp³-hybridized carbons (Fsp3) is 0.500. The minimum Gasteiger partial charge on any atom is -0.326 e. The second-order valence-electron chi connectivity index (χ2n) is 4.04. The fourth-order valence-electron chi connectivity index (χ4n) is 1.57. The molecule has 0 aliphatic rings. The molecule has 0 aliphatic heterocycles. The minimum absolute atomic E-state index is 0.307. The summed E-state index contributed by atoms with van der Waals surface area (Å²) >= 11 is 1.71. The third-order valence-electron chi connectivity index (χ3n) is 2.66. The Morgan fingerprint density at radius 3 is 2.67 bits per heavy atom. The molecular formula is C12H20N2O2S2. The Bertz CT molecular complexity index is 487. The normalized spacial score (nSPS) is 11.7. The van der Waals surface area contributed by atoms with Gasteiger partial charge in [-0.2, -0.15) is 11.8 Å². The molecule has 0 saturated heterocycles. The maximum Gasteiger partial charge on any atom is 0.240 e. The van der Waals surface area contributed by atoms with Crippen LogP contribution in [0.25, 0.3) is 0 Å². The highest BCUT2D eigenvalue weighted by molar-refractivity contribution is 7.98. The lowest BCUT2D eigenvalue weighted by Crippen LogP contribution is -2.25. The van der Waals surface area contributed by atoms with Gasteiger partial charge in [0.1, 0.15) is 0 Å². The van der Waals surface area contributed by atoms with Crippen molar-refractivity contribution in [2.75, 3.05) is 18.6 Å². The van der Waals surface area contributed by atoms with E-state index in [9.17, 15) is 8.42 Å². The van der Waals surface area contributed by atoms with Crippen molar-refractivity contribution in [3.8, 4) is 0 Å². The molecule has 0 bridgehead atoms. The average molecular weight is 288 g/mol. The van der Waals surface area contributed by atoms with E-state index in [1.54, 1.807) is 30.0 Å². The van der Waals surface area contributed by atoms with Crippen LogP contribution in [-0.2, 0) is 16.6 Å². The Hall–Kier alpha value is -0.560. The standard InChI is InChI=1S/C12H20N2O2S2/c1-10-8-12(5-4-11(10)9-13)18(15,16)14-6-3-7-17-2/h4-5,8,14H,3,6-7,9,13H2,1-2H3. The number of nitrogens with one attached hydrogen (secondary N) is 1. The van der Waals surface area contributed by atoms with Crippen LogP contribution in [0.4, 0.5) is 0 Å². The molecule has 4 nitrogen and oxygen atoms in total. The molecule has 0 heterocycles. The lowest BCUT2D eigenvalue weighted by Gasteiger charge is -2.09. The Morgan fingerprint density at radius 2 is 2.11 bits per heavy atom. The van der Waals surface area contributed by atoms with E-state index in [0.29, 0.717) is 18.0 Å². The van der Waals surface area contributed by atoms with Crippen molar-refractivity contribution >= 4 is 21.8 Å². The van der Waals surface area contributed by atoms with E-state index in [2.05, 4.69) is 4.72 Å². The first-order valence-corrected chi connectivity index (χ1v) is 8.67. The topological polar surface area (TPSA) is 72.2 Å². The van der Waals surface area contributed by atoms with Crippen molar-refractivity contribution in [2.24, 2.45) is 5.73 Å². The summed E-state index contributed by atoms with van der Waals surface area (Å²) in [5.41, 5.74) is 7.43. The largest absolute Gasteiger partial charge is 0.326 e. The van der Waals surface area contributed by atoms with Crippen LogP contribution in [0.3, 0.4) is 0 Å². The van der Waals surface area contributed by atoms with Gasteiger partial charge in [0.25, 0.3) is 0 Å². The van der Waals surface area contributed by atoms with Crippen LogP contribution >= 0.6 is 11.8 Å². The summed E-state index contributed by atoms with van der Waals surface area (Å²) in [5.74, 6) is 0.952. The molecule has 0 amide bonds. The summed E-state index contributed by atoms with van der Waals surface area (Å²) < 4.78 is 26.6. The van der Waals surface area contributed by atoms with E-state index in [-0.39, 0.29) is 0 Å². The number of hydrogen-bond acceptors (Lipinski definition) is 4. The van der Waals surface area contributed by atoms with Gasteiger partial charge in [-0.05, 0) is 48.6 Å². The summed E-state index contributed by atoms with van der Waals surface area (Å²) in [6.07, 6.45) is 2.84. The maximum atomic E-state index is 12.0. The molecule has 0 radical (unpaired) electrons. The first-order valence-electron chi connectivity index (χ1n) is 5.79. The van der Waals surface area contributed by atoms with Crippen LogP contribution in [0.1, 0.15) is 17.5 Å². The predicted molar refractivity (Wildman–Crippen MR) is 77.3 cm³/mol. The van der Waals surface area contributed by atoms with Crippen molar-refractivity contribution in [1.82, 2.24) is 4.72 Å². The Balaban J connectivity index is 2.76. The van der Waals surface area contributed by atoms with Crippen LogP contribution in [0.2, 0.25) is 0 Å². The second-order valence-corrected chi connectivity index (χ2v) is 6.79. The molecule has 0 atom stereocenters. The highest BCUT2D eigenvalue weighted by atomic mass is 32.2. The number of aryl methyl sites for hydroxylation is 1. The zero-order valence-corrected chi connectivity index (χ0v) is 12.4. The van der Waals surface area contributed by atoms with Gasteiger partial charge in [-0.1, -0.05) is 6.07 Å². The van der Waals surface area contributed by atoms with Gasteiger partial charge in [-0.15, -0.1) is 0 Å². The first kappa shape index (κ1) is 15.5. The highest BCUT2D eigenvalue weighted by Gasteiger charge is 2.13. The lowest BCUT2D eigenvalue weighted by molar-refractivity contribution is 0.581. The molecule has 0 aliphatic carbocycles. The molecule has 0 spiro atoms. The first-order chi connectivity index (χ1) is 8.51. The van der Waals surface area contributed by atoms with Crippen LogP contribution in [0, 0.1) is 6.92 Å². The van der Waals surface area contributed by atoms with Gasteiger partial charge in [0.15, 0.2) is 0 Å². The lowest BCUT2D eigenvalue weighted by atomic mass is 10.1. The fourth-order valence-corrected chi connectivity index (χ4v) is 3.16. The van der Waals surface area contributed by atoms with E-state index in [4.69, 9.17) is 5.73 Å². The molecule has 102 valence electrons. The van der Waals surface area contributed by atoms with Gasteiger partial charge in [0.05, 0.1) is 4.90 Å². The van der Waals surface area contributed by atoms with E-state index in [1.165, 1.54) is 0 Å². The molecule has 0 saturated carbocycles. The number of thioether (sulfide) groups is 1. The quantitative estimate of drug-likeness (QED) is 0.746.